The molecule has 0 spiro atoms. The first-order valence-electron chi connectivity index (χ1n) is 7.80. The van der Waals surface area contributed by atoms with Crippen LogP contribution in [0.4, 0.5) is 16.2 Å². The first-order valence-corrected chi connectivity index (χ1v) is 8.18. The molecule has 2 aromatic rings. The predicted octanol–water partition coefficient (Wildman–Crippen LogP) is 4.51. The zero-order chi connectivity index (χ0) is 17.4. The molecule has 0 saturated carbocycles. The van der Waals surface area contributed by atoms with E-state index in [0.717, 1.165) is 12.8 Å². The summed E-state index contributed by atoms with van der Waals surface area (Å²) in [5.74, 6) is -0.148. The molecule has 3 N–H and O–H groups in total. The first kappa shape index (κ1) is 17.8. The lowest BCUT2D eigenvalue weighted by Gasteiger charge is -2.09. The normalized spacial score (nSPS) is 10.1. The number of anilines is 2. The van der Waals surface area contributed by atoms with Crippen molar-refractivity contribution in [1.82, 2.24) is 5.32 Å². The van der Waals surface area contributed by atoms with Crippen LogP contribution in [0.15, 0.2) is 48.5 Å². The van der Waals surface area contributed by atoms with Crippen LogP contribution in [-0.4, -0.2) is 18.5 Å². The summed E-state index contributed by atoms with van der Waals surface area (Å²) in [5.41, 5.74) is 1.69. The van der Waals surface area contributed by atoms with E-state index in [4.69, 9.17) is 11.6 Å². The third-order valence-electron chi connectivity index (χ3n) is 3.30. The van der Waals surface area contributed by atoms with Crippen LogP contribution in [0.1, 0.15) is 30.1 Å². The van der Waals surface area contributed by atoms with Crippen molar-refractivity contribution in [3.63, 3.8) is 0 Å². The van der Waals surface area contributed by atoms with E-state index >= 15 is 0 Å². The second-order valence-corrected chi connectivity index (χ2v) is 5.71. The highest BCUT2D eigenvalue weighted by atomic mass is 35.5. The maximum atomic E-state index is 12.0. The smallest absolute Gasteiger partial charge is 0.323 e. The summed E-state index contributed by atoms with van der Waals surface area (Å²) >= 11 is 5.80. The second-order valence-electron chi connectivity index (χ2n) is 5.28. The first-order chi connectivity index (χ1) is 11.6. The van der Waals surface area contributed by atoms with Gasteiger partial charge in [0.1, 0.15) is 0 Å². The van der Waals surface area contributed by atoms with Crippen molar-refractivity contribution in [2.45, 2.75) is 19.8 Å². The molecule has 2 rings (SSSR count). The van der Waals surface area contributed by atoms with E-state index in [0.29, 0.717) is 28.5 Å². The van der Waals surface area contributed by atoms with Gasteiger partial charge in [0.25, 0.3) is 5.91 Å². The third-order valence-corrected chi connectivity index (χ3v) is 3.55. The summed E-state index contributed by atoms with van der Waals surface area (Å²) < 4.78 is 0. The van der Waals surface area contributed by atoms with Crippen LogP contribution < -0.4 is 16.0 Å². The SMILES string of the molecule is CCCCNC(=O)c1cccc(NC(=O)Nc2ccc(Cl)cc2)c1. The van der Waals surface area contributed by atoms with Gasteiger partial charge >= 0.3 is 6.03 Å². The Morgan fingerprint density at radius 1 is 1.00 bits per heavy atom. The number of carbonyl (C=O) groups is 2. The van der Waals surface area contributed by atoms with Gasteiger partial charge in [-0.05, 0) is 48.9 Å². The van der Waals surface area contributed by atoms with Gasteiger partial charge in [0.2, 0.25) is 0 Å². The lowest BCUT2D eigenvalue weighted by Crippen LogP contribution is -2.24. The van der Waals surface area contributed by atoms with Gasteiger partial charge in [0.15, 0.2) is 0 Å². The highest BCUT2D eigenvalue weighted by molar-refractivity contribution is 6.30. The van der Waals surface area contributed by atoms with Crippen LogP contribution in [-0.2, 0) is 0 Å². The predicted molar refractivity (Wildman–Crippen MR) is 97.8 cm³/mol. The van der Waals surface area contributed by atoms with E-state index in [1.54, 1.807) is 48.5 Å². The average molecular weight is 346 g/mol. The number of benzene rings is 2. The van der Waals surface area contributed by atoms with Crippen molar-refractivity contribution in [3.8, 4) is 0 Å². The molecule has 0 aliphatic heterocycles. The maximum Gasteiger partial charge on any atom is 0.323 e. The van der Waals surface area contributed by atoms with Gasteiger partial charge in [-0.15, -0.1) is 0 Å². The van der Waals surface area contributed by atoms with Crippen molar-refractivity contribution in [2.75, 3.05) is 17.2 Å². The molecule has 0 bridgehead atoms. The van der Waals surface area contributed by atoms with Gasteiger partial charge in [-0.25, -0.2) is 4.79 Å². The fraction of sp³-hybridized carbons (Fsp3) is 0.222. The van der Waals surface area contributed by atoms with E-state index in [9.17, 15) is 9.59 Å². The highest BCUT2D eigenvalue weighted by Crippen LogP contribution is 2.15. The number of halogens is 1. The van der Waals surface area contributed by atoms with Gasteiger partial charge in [-0.2, -0.15) is 0 Å². The van der Waals surface area contributed by atoms with E-state index in [1.807, 2.05) is 0 Å². The van der Waals surface area contributed by atoms with Crippen LogP contribution in [0.5, 0.6) is 0 Å². The Morgan fingerprint density at radius 3 is 2.42 bits per heavy atom. The molecule has 0 aliphatic rings. The van der Waals surface area contributed by atoms with Gasteiger partial charge in [0, 0.05) is 28.5 Å². The number of carbonyl (C=O) groups excluding carboxylic acids is 2. The van der Waals surface area contributed by atoms with Gasteiger partial charge in [-0.3, -0.25) is 4.79 Å². The number of rotatable bonds is 6. The lowest BCUT2D eigenvalue weighted by molar-refractivity contribution is 0.0953. The molecule has 126 valence electrons. The summed E-state index contributed by atoms with van der Waals surface area (Å²) in [4.78, 5) is 24.0. The molecule has 0 fully saturated rings. The number of amides is 3. The largest absolute Gasteiger partial charge is 0.352 e. The third kappa shape index (κ3) is 5.59. The van der Waals surface area contributed by atoms with E-state index in [-0.39, 0.29) is 11.9 Å². The monoisotopic (exact) mass is 345 g/mol. The molecule has 5 nitrogen and oxygen atoms in total. The molecule has 6 heteroatoms. The van der Waals surface area contributed by atoms with Crippen molar-refractivity contribution in [3.05, 3.63) is 59.1 Å². The molecule has 2 aromatic carbocycles. The Hall–Kier alpha value is -2.53. The summed E-state index contributed by atoms with van der Waals surface area (Å²) in [6.07, 6.45) is 1.96. The Kier molecular flexibility index (Phi) is 6.63. The molecule has 0 heterocycles. The Bertz CT molecular complexity index is 702. The number of hydrogen-bond donors (Lipinski definition) is 3. The molecular formula is C18H20ClN3O2. The van der Waals surface area contributed by atoms with Gasteiger partial charge < -0.3 is 16.0 Å². The summed E-state index contributed by atoms with van der Waals surface area (Å²) in [6.45, 7) is 2.71. The van der Waals surface area contributed by atoms with E-state index in [2.05, 4.69) is 22.9 Å². The summed E-state index contributed by atoms with van der Waals surface area (Å²) in [7, 11) is 0. The summed E-state index contributed by atoms with van der Waals surface area (Å²) in [5, 5.41) is 8.85. The molecule has 3 amide bonds. The zero-order valence-electron chi connectivity index (χ0n) is 13.4. The fourth-order valence-corrected chi connectivity index (χ4v) is 2.17. The Labute approximate surface area is 146 Å². The second kappa shape index (κ2) is 8.93. The number of urea groups is 1. The number of nitrogens with one attached hydrogen (secondary N) is 3. The van der Waals surface area contributed by atoms with Crippen molar-refractivity contribution >= 4 is 34.9 Å². The van der Waals surface area contributed by atoms with Crippen LogP contribution in [0.3, 0.4) is 0 Å². The highest BCUT2D eigenvalue weighted by Gasteiger charge is 2.07. The molecule has 0 atom stereocenters. The molecule has 0 saturated heterocycles. The quantitative estimate of drug-likeness (QED) is 0.674. The van der Waals surface area contributed by atoms with E-state index in [1.165, 1.54) is 0 Å². The lowest BCUT2D eigenvalue weighted by atomic mass is 10.2. The standard InChI is InChI=1S/C18H20ClN3O2/c1-2-3-11-20-17(23)13-5-4-6-16(12-13)22-18(24)21-15-9-7-14(19)8-10-15/h4-10,12H,2-3,11H2,1H3,(H,20,23)(H2,21,22,24). The Morgan fingerprint density at radius 2 is 1.71 bits per heavy atom. The van der Waals surface area contributed by atoms with Crippen LogP contribution >= 0.6 is 11.6 Å². The molecule has 0 unspecified atom stereocenters. The maximum absolute atomic E-state index is 12.0. The molecule has 0 aromatic heterocycles. The van der Waals surface area contributed by atoms with Gasteiger partial charge in [0.05, 0.1) is 0 Å². The average Bonchev–Trinajstić information content (AvgIpc) is 2.57. The molecule has 0 aliphatic carbocycles. The minimum absolute atomic E-state index is 0.148. The van der Waals surface area contributed by atoms with Gasteiger partial charge in [-0.1, -0.05) is 31.0 Å². The minimum Gasteiger partial charge on any atom is -0.352 e. The molecule has 0 radical (unpaired) electrons. The Balaban J connectivity index is 1.94. The van der Waals surface area contributed by atoms with Crippen LogP contribution in [0, 0.1) is 0 Å². The molecular weight excluding hydrogens is 326 g/mol. The van der Waals surface area contributed by atoms with Crippen LogP contribution in [0.2, 0.25) is 5.02 Å². The fourth-order valence-electron chi connectivity index (χ4n) is 2.05. The number of hydrogen-bond acceptors (Lipinski definition) is 2. The number of unbranched alkanes of at least 4 members (excludes halogenated alkanes) is 1. The summed E-state index contributed by atoms with van der Waals surface area (Å²) in [6, 6.07) is 13.2. The molecule has 24 heavy (non-hydrogen) atoms. The van der Waals surface area contributed by atoms with Crippen molar-refractivity contribution in [2.24, 2.45) is 0 Å². The minimum atomic E-state index is -0.388. The topological polar surface area (TPSA) is 70.2 Å². The van der Waals surface area contributed by atoms with Crippen LogP contribution in [0.25, 0.3) is 0 Å². The van der Waals surface area contributed by atoms with Crippen molar-refractivity contribution in [1.29, 1.82) is 0 Å². The van der Waals surface area contributed by atoms with E-state index < -0.39 is 0 Å². The zero-order valence-corrected chi connectivity index (χ0v) is 14.2. The van der Waals surface area contributed by atoms with Crippen molar-refractivity contribution < 1.29 is 9.59 Å².